The quantitative estimate of drug-likeness (QED) is 0.698. The molecule has 0 bridgehead atoms. The first-order valence-corrected chi connectivity index (χ1v) is 5.09. The summed E-state index contributed by atoms with van der Waals surface area (Å²) in [6.45, 7) is 3.34. The molecule has 0 amide bonds. The Morgan fingerprint density at radius 1 is 0.929 bits per heavy atom. The van der Waals surface area contributed by atoms with Crippen LogP contribution >= 0.6 is 0 Å². The SMILES string of the molecule is CC(CCn1cccc1)n1cccc1. The van der Waals surface area contributed by atoms with E-state index in [-0.39, 0.29) is 0 Å². The standard InChI is InChI=1S/C12H16N2/c1-12(14-9-4-5-10-14)6-11-13-7-2-3-8-13/h2-5,7-10,12H,6,11H2,1H3. The highest BCUT2D eigenvalue weighted by Gasteiger charge is 2.02. The average Bonchev–Trinajstić information content (AvgIpc) is 2.87. The Kier molecular flexibility index (Phi) is 2.73. The number of aromatic nitrogens is 2. The maximum atomic E-state index is 2.25. The van der Waals surface area contributed by atoms with Crippen molar-refractivity contribution >= 4 is 0 Å². The van der Waals surface area contributed by atoms with Crippen molar-refractivity contribution < 1.29 is 0 Å². The third kappa shape index (κ3) is 2.08. The second kappa shape index (κ2) is 4.18. The van der Waals surface area contributed by atoms with Gasteiger partial charge in [0.1, 0.15) is 0 Å². The largest absolute Gasteiger partial charge is 0.354 e. The zero-order valence-electron chi connectivity index (χ0n) is 8.50. The van der Waals surface area contributed by atoms with Gasteiger partial charge in [-0.25, -0.2) is 0 Å². The van der Waals surface area contributed by atoms with Crippen LogP contribution in [0.15, 0.2) is 49.1 Å². The van der Waals surface area contributed by atoms with Crippen molar-refractivity contribution in [2.24, 2.45) is 0 Å². The van der Waals surface area contributed by atoms with Crippen LogP contribution in [0, 0.1) is 0 Å². The van der Waals surface area contributed by atoms with E-state index in [1.54, 1.807) is 0 Å². The van der Waals surface area contributed by atoms with Gasteiger partial charge in [0.2, 0.25) is 0 Å². The summed E-state index contributed by atoms with van der Waals surface area (Å²) in [6, 6.07) is 8.87. The van der Waals surface area contributed by atoms with Crippen LogP contribution < -0.4 is 0 Å². The lowest BCUT2D eigenvalue weighted by molar-refractivity contribution is 0.467. The van der Waals surface area contributed by atoms with Crippen LogP contribution in [-0.4, -0.2) is 9.13 Å². The van der Waals surface area contributed by atoms with Crippen LogP contribution in [0.1, 0.15) is 19.4 Å². The molecule has 74 valence electrons. The average molecular weight is 188 g/mol. The van der Waals surface area contributed by atoms with E-state index in [0.717, 1.165) is 6.54 Å². The molecule has 14 heavy (non-hydrogen) atoms. The Hall–Kier alpha value is -1.44. The Morgan fingerprint density at radius 3 is 2.14 bits per heavy atom. The van der Waals surface area contributed by atoms with Crippen LogP contribution in [-0.2, 0) is 6.54 Å². The molecule has 0 aliphatic carbocycles. The van der Waals surface area contributed by atoms with Gasteiger partial charge in [-0.3, -0.25) is 0 Å². The third-order valence-electron chi connectivity index (χ3n) is 2.61. The first-order chi connectivity index (χ1) is 6.86. The summed E-state index contributed by atoms with van der Waals surface area (Å²) in [5.74, 6) is 0. The molecule has 0 N–H and O–H groups in total. The highest BCUT2D eigenvalue weighted by atomic mass is 15.0. The molecule has 0 saturated carbocycles. The fourth-order valence-corrected chi connectivity index (χ4v) is 1.65. The van der Waals surface area contributed by atoms with Gasteiger partial charge in [-0.15, -0.1) is 0 Å². The predicted molar refractivity (Wildman–Crippen MR) is 58.2 cm³/mol. The van der Waals surface area contributed by atoms with Gasteiger partial charge in [-0.2, -0.15) is 0 Å². The molecule has 0 aliphatic heterocycles. The van der Waals surface area contributed by atoms with Gasteiger partial charge in [0.05, 0.1) is 0 Å². The topological polar surface area (TPSA) is 9.86 Å². The molecule has 0 saturated heterocycles. The first-order valence-electron chi connectivity index (χ1n) is 5.09. The lowest BCUT2D eigenvalue weighted by atomic mass is 10.2. The molecule has 2 rings (SSSR count). The molecule has 0 spiro atoms. The van der Waals surface area contributed by atoms with Gasteiger partial charge in [-0.05, 0) is 37.6 Å². The van der Waals surface area contributed by atoms with Gasteiger partial charge in [0.15, 0.2) is 0 Å². The van der Waals surface area contributed by atoms with Crippen LogP contribution in [0.5, 0.6) is 0 Å². The van der Waals surface area contributed by atoms with E-state index in [2.05, 4.69) is 65.1 Å². The smallest absolute Gasteiger partial charge is 0.0319 e. The molecule has 0 fully saturated rings. The van der Waals surface area contributed by atoms with Crippen LogP contribution in [0.25, 0.3) is 0 Å². The predicted octanol–water partition coefficient (Wildman–Crippen LogP) is 2.94. The highest BCUT2D eigenvalue weighted by molar-refractivity contribution is 4.93. The fraction of sp³-hybridized carbons (Fsp3) is 0.333. The maximum absolute atomic E-state index is 2.25. The molecule has 2 nitrogen and oxygen atoms in total. The van der Waals surface area contributed by atoms with Crippen LogP contribution in [0.2, 0.25) is 0 Å². The lowest BCUT2D eigenvalue weighted by Gasteiger charge is -2.13. The normalized spacial score (nSPS) is 12.9. The van der Waals surface area contributed by atoms with E-state index in [1.807, 2.05) is 0 Å². The van der Waals surface area contributed by atoms with E-state index >= 15 is 0 Å². The van der Waals surface area contributed by atoms with Gasteiger partial charge in [-0.1, -0.05) is 0 Å². The van der Waals surface area contributed by atoms with Gasteiger partial charge in [0, 0.05) is 37.4 Å². The van der Waals surface area contributed by atoms with Crippen molar-refractivity contribution in [3.8, 4) is 0 Å². The summed E-state index contributed by atoms with van der Waals surface area (Å²) >= 11 is 0. The Bertz CT molecular complexity index is 346. The number of hydrogen-bond donors (Lipinski definition) is 0. The molecular formula is C12H16N2. The van der Waals surface area contributed by atoms with Crippen molar-refractivity contribution in [3.63, 3.8) is 0 Å². The minimum absolute atomic E-state index is 0.576. The van der Waals surface area contributed by atoms with E-state index in [4.69, 9.17) is 0 Å². The van der Waals surface area contributed by atoms with Crippen molar-refractivity contribution in [1.29, 1.82) is 0 Å². The Balaban J connectivity index is 1.87. The third-order valence-corrected chi connectivity index (χ3v) is 2.61. The minimum atomic E-state index is 0.576. The molecule has 0 radical (unpaired) electrons. The van der Waals surface area contributed by atoms with E-state index in [1.165, 1.54) is 6.42 Å². The van der Waals surface area contributed by atoms with Gasteiger partial charge >= 0.3 is 0 Å². The number of aryl methyl sites for hydroxylation is 1. The summed E-state index contributed by atoms with van der Waals surface area (Å²) in [7, 11) is 0. The summed E-state index contributed by atoms with van der Waals surface area (Å²) in [4.78, 5) is 0. The second-order valence-electron chi connectivity index (χ2n) is 3.69. The van der Waals surface area contributed by atoms with Crippen molar-refractivity contribution in [1.82, 2.24) is 9.13 Å². The fourth-order valence-electron chi connectivity index (χ4n) is 1.65. The van der Waals surface area contributed by atoms with E-state index < -0.39 is 0 Å². The summed E-state index contributed by atoms with van der Waals surface area (Å²) in [6.07, 6.45) is 9.65. The zero-order valence-corrected chi connectivity index (χ0v) is 8.50. The lowest BCUT2D eigenvalue weighted by Crippen LogP contribution is -2.06. The van der Waals surface area contributed by atoms with Crippen LogP contribution in [0.3, 0.4) is 0 Å². The van der Waals surface area contributed by atoms with Gasteiger partial charge < -0.3 is 9.13 Å². The van der Waals surface area contributed by atoms with Crippen LogP contribution in [0.4, 0.5) is 0 Å². The molecule has 0 aromatic carbocycles. The number of hydrogen-bond acceptors (Lipinski definition) is 0. The monoisotopic (exact) mass is 188 g/mol. The van der Waals surface area contributed by atoms with E-state index in [0.29, 0.717) is 6.04 Å². The van der Waals surface area contributed by atoms with Crippen molar-refractivity contribution in [2.75, 3.05) is 0 Å². The number of nitrogens with zero attached hydrogens (tertiary/aromatic N) is 2. The molecule has 1 atom stereocenters. The van der Waals surface area contributed by atoms with Crippen molar-refractivity contribution in [3.05, 3.63) is 49.1 Å². The molecule has 2 aromatic heterocycles. The second-order valence-corrected chi connectivity index (χ2v) is 3.69. The van der Waals surface area contributed by atoms with E-state index in [9.17, 15) is 0 Å². The summed E-state index contributed by atoms with van der Waals surface area (Å²) < 4.78 is 4.48. The van der Waals surface area contributed by atoms with Crippen molar-refractivity contribution in [2.45, 2.75) is 25.9 Å². The molecular weight excluding hydrogens is 172 g/mol. The first kappa shape index (κ1) is 9.13. The molecule has 2 heterocycles. The maximum Gasteiger partial charge on any atom is 0.0319 e. The highest BCUT2D eigenvalue weighted by Crippen LogP contribution is 2.11. The molecule has 2 aromatic rings. The molecule has 1 unspecified atom stereocenters. The molecule has 2 heteroatoms. The Morgan fingerprint density at radius 2 is 1.50 bits per heavy atom. The zero-order chi connectivity index (χ0) is 9.80. The Labute approximate surface area is 84.8 Å². The van der Waals surface area contributed by atoms with Gasteiger partial charge in [0.25, 0.3) is 0 Å². The summed E-state index contributed by atoms with van der Waals surface area (Å²) in [5, 5.41) is 0. The summed E-state index contributed by atoms with van der Waals surface area (Å²) in [5.41, 5.74) is 0. The minimum Gasteiger partial charge on any atom is -0.354 e. The molecule has 0 aliphatic rings. The number of rotatable bonds is 4.